The number of rotatable bonds is 5. The largest absolute Gasteiger partial charge is 0.416 e. The van der Waals surface area contributed by atoms with Crippen LogP contribution in [-0.4, -0.2) is 38.8 Å². The molecule has 7 nitrogen and oxygen atoms in total. The van der Waals surface area contributed by atoms with Crippen LogP contribution in [0.1, 0.15) is 22.3 Å². The molecule has 0 saturated carbocycles. The number of carbonyl (C=O) groups is 1. The fourth-order valence-electron chi connectivity index (χ4n) is 3.40. The number of aromatic nitrogens is 3. The van der Waals surface area contributed by atoms with Gasteiger partial charge in [0, 0.05) is 24.3 Å². The highest BCUT2D eigenvalue weighted by atomic mass is 35.5. The number of thiazole rings is 1. The maximum atomic E-state index is 12.8. The fourth-order valence-corrected chi connectivity index (χ4v) is 4.80. The monoisotopic (exact) mass is 538 g/mol. The van der Waals surface area contributed by atoms with Crippen molar-refractivity contribution < 1.29 is 18.0 Å². The molecule has 0 unspecified atom stereocenters. The Morgan fingerprint density at radius 3 is 2.31 bits per heavy atom. The number of amides is 1. The van der Waals surface area contributed by atoms with Crippen molar-refractivity contribution in [3.8, 4) is 0 Å². The molecule has 0 atom stereocenters. The van der Waals surface area contributed by atoms with Crippen LogP contribution in [0.15, 0.2) is 42.7 Å². The second-order valence-electron chi connectivity index (χ2n) is 7.68. The molecule has 0 radical (unpaired) electrons. The second-order valence-corrected chi connectivity index (χ2v) is 9.47. The van der Waals surface area contributed by atoms with E-state index in [2.05, 4.69) is 25.6 Å². The highest BCUT2D eigenvalue weighted by Crippen LogP contribution is 2.38. The number of likely N-dealkylation sites (tertiary alicyclic amines) is 1. The summed E-state index contributed by atoms with van der Waals surface area (Å²) in [6, 6.07) is 7.70. The lowest BCUT2D eigenvalue weighted by Crippen LogP contribution is -2.42. The van der Waals surface area contributed by atoms with Crippen LogP contribution in [0.2, 0.25) is 10.0 Å². The molecule has 2 N–H and O–H groups in total. The molecule has 0 spiro atoms. The lowest BCUT2D eigenvalue weighted by Gasteiger charge is -2.31. The number of hydrogen-bond donors (Lipinski definition) is 2. The third kappa shape index (κ3) is 4.84. The molecule has 3 heterocycles. The van der Waals surface area contributed by atoms with Crippen molar-refractivity contribution in [2.75, 3.05) is 23.7 Å². The maximum Gasteiger partial charge on any atom is 0.416 e. The summed E-state index contributed by atoms with van der Waals surface area (Å²) in [7, 11) is 0. The van der Waals surface area contributed by atoms with E-state index in [4.69, 9.17) is 23.2 Å². The highest BCUT2D eigenvalue weighted by Gasteiger charge is 2.30. The molecule has 35 heavy (non-hydrogen) atoms. The number of hydrogen-bond acceptors (Lipinski definition) is 7. The van der Waals surface area contributed by atoms with E-state index in [0.29, 0.717) is 51.3 Å². The van der Waals surface area contributed by atoms with Gasteiger partial charge in [-0.25, -0.2) is 15.0 Å². The Morgan fingerprint density at radius 2 is 1.71 bits per heavy atom. The number of alkyl halides is 3. The van der Waals surface area contributed by atoms with Crippen LogP contribution in [0.5, 0.6) is 0 Å². The molecule has 180 valence electrons. The second kappa shape index (κ2) is 9.14. The van der Waals surface area contributed by atoms with Crippen LogP contribution < -0.4 is 10.6 Å². The molecule has 13 heteroatoms. The summed E-state index contributed by atoms with van der Waals surface area (Å²) in [5.74, 6) is 0.201. The van der Waals surface area contributed by atoms with Gasteiger partial charge in [0.1, 0.15) is 11.8 Å². The Bertz CT molecular complexity index is 1400. The molecule has 1 aliphatic rings. The van der Waals surface area contributed by atoms with Crippen molar-refractivity contribution in [2.45, 2.75) is 12.6 Å². The predicted molar refractivity (Wildman–Crippen MR) is 130 cm³/mol. The first-order valence-electron chi connectivity index (χ1n) is 10.3. The Hall–Kier alpha value is -3.15. The number of halogens is 5. The van der Waals surface area contributed by atoms with E-state index >= 15 is 0 Å². The van der Waals surface area contributed by atoms with Crippen LogP contribution in [0.3, 0.4) is 0 Å². The Balaban J connectivity index is 1.39. The number of nitrogens with zero attached hydrogens (tertiary/aromatic N) is 4. The molecule has 2 aromatic carbocycles. The van der Waals surface area contributed by atoms with E-state index in [0.717, 1.165) is 18.6 Å². The van der Waals surface area contributed by atoms with Gasteiger partial charge in [-0.1, -0.05) is 34.5 Å². The normalized spacial score (nSPS) is 13.6. The molecule has 0 aliphatic carbocycles. The molecular weight excluding hydrogens is 524 g/mol. The average Bonchev–Trinajstić information content (AvgIpc) is 3.18. The van der Waals surface area contributed by atoms with Gasteiger partial charge in [-0.3, -0.25) is 4.79 Å². The van der Waals surface area contributed by atoms with Crippen molar-refractivity contribution >= 4 is 73.1 Å². The van der Waals surface area contributed by atoms with Gasteiger partial charge in [0.2, 0.25) is 0 Å². The molecule has 2 aromatic heterocycles. The van der Waals surface area contributed by atoms with E-state index in [1.807, 2.05) is 0 Å². The van der Waals surface area contributed by atoms with Crippen LogP contribution in [0, 0.1) is 0 Å². The topological polar surface area (TPSA) is 83.0 Å². The lowest BCUT2D eigenvalue weighted by molar-refractivity contribution is -0.137. The first kappa shape index (κ1) is 23.6. The third-order valence-electron chi connectivity index (χ3n) is 5.33. The molecule has 1 aliphatic heterocycles. The van der Waals surface area contributed by atoms with Crippen LogP contribution >= 0.6 is 34.5 Å². The van der Waals surface area contributed by atoms with Crippen molar-refractivity contribution in [1.82, 2.24) is 19.9 Å². The Kier molecular flexibility index (Phi) is 6.16. The molecule has 5 rings (SSSR count). The molecule has 1 fully saturated rings. The minimum absolute atomic E-state index is 0.124. The first-order valence-corrected chi connectivity index (χ1v) is 11.9. The first-order chi connectivity index (χ1) is 16.7. The third-order valence-corrected chi connectivity index (χ3v) is 6.81. The van der Waals surface area contributed by atoms with Gasteiger partial charge in [0.25, 0.3) is 5.91 Å². The standard InChI is InChI=1S/C22H15Cl2F3N6OS/c23-14-8-11(20(34)33-6-1-7-33)9-15(24)16(14)31-21-32-17-18(28-10-29-19(17)35-21)30-13-4-2-12(3-5-13)22(25,26)27/h2-5,8-10H,1,6-7H2,(H,31,32)(H,28,29,30). The van der Waals surface area contributed by atoms with Crippen LogP contribution in [-0.2, 0) is 6.18 Å². The smallest absolute Gasteiger partial charge is 0.339 e. The van der Waals surface area contributed by atoms with Gasteiger partial charge in [-0.2, -0.15) is 13.2 Å². The fraction of sp³-hybridized carbons (Fsp3) is 0.182. The van der Waals surface area contributed by atoms with Crippen molar-refractivity contribution in [3.63, 3.8) is 0 Å². The van der Waals surface area contributed by atoms with E-state index in [1.165, 1.54) is 29.8 Å². The summed E-state index contributed by atoms with van der Waals surface area (Å²) in [6.07, 6.45) is -2.12. The molecule has 0 bridgehead atoms. The van der Waals surface area contributed by atoms with Gasteiger partial charge in [0.15, 0.2) is 15.8 Å². The summed E-state index contributed by atoms with van der Waals surface area (Å²) in [6.45, 7) is 1.42. The lowest BCUT2D eigenvalue weighted by atomic mass is 10.1. The number of fused-ring (bicyclic) bond motifs is 1. The van der Waals surface area contributed by atoms with Crippen molar-refractivity contribution in [3.05, 3.63) is 63.9 Å². The number of nitrogens with one attached hydrogen (secondary N) is 2. The summed E-state index contributed by atoms with van der Waals surface area (Å²) >= 11 is 14.0. The number of carbonyl (C=O) groups excluding carboxylic acids is 1. The Morgan fingerprint density at radius 1 is 1.03 bits per heavy atom. The quantitative estimate of drug-likeness (QED) is 0.292. The minimum Gasteiger partial charge on any atom is -0.339 e. The van der Waals surface area contributed by atoms with Crippen molar-refractivity contribution in [1.29, 1.82) is 0 Å². The van der Waals surface area contributed by atoms with Crippen LogP contribution in [0.25, 0.3) is 10.3 Å². The van der Waals surface area contributed by atoms with E-state index < -0.39 is 11.7 Å². The summed E-state index contributed by atoms with van der Waals surface area (Å²) in [4.78, 5) is 27.6. The van der Waals surface area contributed by atoms with E-state index in [-0.39, 0.29) is 16.0 Å². The average molecular weight is 539 g/mol. The number of anilines is 4. The molecule has 1 amide bonds. The Labute approximate surface area is 210 Å². The molecule has 1 saturated heterocycles. The summed E-state index contributed by atoms with van der Waals surface area (Å²) in [5, 5.41) is 6.97. The molecular formula is C22H15Cl2F3N6OS. The van der Waals surface area contributed by atoms with Gasteiger partial charge >= 0.3 is 6.18 Å². The highest BCUT2D eigenvalue weighted by molar-refractivity contribution is 7.21. The van der Waals surface area contributed by atoms with Gasteiger partial charge in [-0.15, -0.1) is 0 Å². The molecule has 4 aromatic rings. The SMILES string of the molecule is O=C(c1cc(Cl)c(Nc2nc3c(Nc4ccc(C(F)(F)F)cc4)ncnc3s2)c(Cl)c1)N1CCC1. The zero-order valence-electron chi connectivity index (χ0n) is 17.7. The predicted octanol–water partition coefficient (Wildman–Crippen LogP) is 6.75. The summed E-state index contributed by atoms with van der Waals surface area (Å²) < 4.78 is 38.4. The van der Waals surface area contributed by atoms with Crippen molar-refractivity contribution in [2.24, 2.45) is 0 Å². The van der Waals surface area contributed by atoms with Gasteiger partial charge in [0.05, 0.1) is 21.3 Å². The van der Waals surface area contributed by atoms with Gasteiger partial charge in [-0.05, 0) is 42.8 Å². The van der Waals surface area contributed by atoms with Gasteiger partial charge < -0.3 is 15.5 Å². The minimum atomic E-state index is -4.42. The summed E-state index contributed by atoms with van der Waals surface area (Å²) in [5.41, 5.74) is 0.870. The van der Waals surface area contributed by atoms with E-state index in [9.17, 15) is 18.0 Å². The zero-order valence-corrected chi connectivity index (χ0v) is 20.0. The number of benzene rings is 2. The maximum absolute atomic E-state index is 12.8. The zero-order chi connectivity index (χ0) is 24.7. The van der Waals surface area contributed by atoms with E-state index in [1.54, 1.807) is 17.0 Å². The van der Waals surface area contributed by atoms with Crippen LogP contribution in [0.4, 0.5) is 35.5 Å².